The Kier molecular flexibility index (Phi) is 13.6. The number of hydrogen-bond acceptors (Lipinski definition) is 8. The third-order valence-electron chi connectivity index (χ3n) is 3.48. The number of ether oxygens (including phenoxy) is 2. The Bertz CT molecular complexity index is 447. The van der Waals surface area contributed by atoms with E-state index >= 15 is 0 Å². The van der Waals surface area contributed by atoms with Gasteiger partial charge in [-0.2, -0.15) is 0 Å². The summed E-state index contributed by atoms with van der Waals surface area (Å²) in [4.78, 5) is 23.0. The molecule has 30 heavy (non-hydrogen) atoms. The predicted molar refractivity (Wildman–Crippen MR) is 115 cm³/mol. The Morgan fingerprint density at radius 3 is 1.33 bits per heavy atom. The normalized spacial score (nSPS) is 14.0. The fraction of sp³-hybridized carbons (Fsp3) is 0.900. The molecule has 0 bridgehead atoms. The average Bonchev–Trinajstić information content (AvgIpc) is 2.57. The molecule has 0 saturated heterocycles. The zero-order valence-corrected chi connectivity index (χ0v) is 19.3. The highest BCUT2D eigenvalue weighted by molar-refractivity contribution is 5.68. The summed E-state index contributed by atoms with van der Waals surface area (Å²) in [7, 11) is 0. The number of rotatable bonds is 13. The van der Waals surface area contributed by atoms with Gasteiger partial charge in [0.2, 0.25) is 0 Å². The van der Waals surface area contributed by atoms with Crippen molar-refractivity contribution in [3.05, 3.63) is 0 Å². The minimum absolute atomic E-state index is 0.124. The summed E-state index contributed by atoms with van der Waals surface area (Å²) in [5.41, 5.74) is -1.13. The van der Waals surface area contributed by atoms with Crippen LogP contribution in [0.25, 0.3) is 0 Å². The molecule has 178 valence electrons. The molecule has 0 aliphatic carbocycles. The second kappa shape index (κ2) is 14.4. The molecule has 0 aromatic carbocycles. The molecule has 0 aromatic rings. The van der Waals surface area contributed by atoms with Crippen molar-refractivity contribution in [1.29, 1.82) is 0 Å². The number of carbonyl (C=O) groups is 2. The zero-order chi connectivity index (χ0) is 23.2. The summed E-state index contributed by atoms with van der Waals surface area (Å²) in [6.07, 6.45) is -0.685. The molecule has 2 amide bonds. The van der Waals surface area contributed by atoms with Gasteiger partial charge in [0.05, 0.1) is 12.2 Å². The summed E-state index contributed by atoms with van der Waals surface area (Å²) in [6.45, 7) is 13.1. The number of amides is 2. The highest BCUT2D eigenvalue weighted by atomic mass is 16.6. The first-order chi connectivity index (χ1) is 13.8. The third kappa shape index (κ3) is 19.7. The van der Waals surface area contributed by atoms with Crippen molar-refractivity contribution in [2.45, 2.75) is 77.8 Å². The molecule has 0 rings (SSSR count). The molecule has 0 radical (unpaired) electrons. The van der Waals surface area contributed by atoms with Crippen molar-refractivity contribution in [2.75, 3.05) is 39.3 Å². The fourth-order valence-corrected chi connectivity index (χ4v) is 2.21. The van der Waals surface area contributed by atoms with E-state index in [1.165, 1.54) is 0 Å². The molecule has 0 aromatic heterocycles. The number of carbonyl (C=O) groups excluding carboxylic acids is 2. The van der Waals surface area contributed by atoms with Crippen LogP contribution in [0, 0.1) is 0 Å². The van der Waals surface area contributed by atoms with Crippen LogP contribution in [0.4, 0.5) is 9.59 Å². The van der Waals surface area contributed by atoms with E-state index in [1.807, 2.05) is 0 Å². The monoisotopic (exact) mass is 434 g/mol. The van der Waals surface area contributed by atoms with Gasteiger partial charge in [0.15, 0.2) is 0 Å². The average molecular weight is 435 g/mol. The summed E-state index contributed by atoms with van der Waals surface area (Å²) in [5, 5.41) is 31.0. The van der Waals surface area contributed by atoms with Crippen molar-refractivity contribution < 1.29 is 29.3 Å². The van der Waals surface area contributed by atoms with Crippen molar-refractivity contribution in [1.82, 2.24) is 21.3 Å². The quantitative estimate of drug-likeness (QED) is 0.233. The summed E-state index contributed by atoms with van der Waals surface area (Å²) in [5.74, 6) is 0. The van der Waals surface area contributed by atoms with E-state index in [2.05, 4.69) is 21.3 Å². The van der Waals surface area contributed by atoms with E-state index in [0.29, 0.717) is 13.1 Å². The maximum absolute atomic E-state index is 11.5. The Balaban J connectivity index is 3.56. The highest BCUT2D eigenvalue weighted by Crippen LogP contribution is 2.06. The van der Waals surface area contributed by atoms with Gasteiger partial charge in [-0.25, -0.2) is 9.59 Å². The number of hydrogen-bond donors (Lipinski definition) is 6. The third-order valence-corrected chi connectivity index (χ3v) is 3.48. The van der Waals surface area contributed by atoms with Crippen molar-refractivity contribution in [2.24, 2.45) is 0 Å². The van der Waals surface area contributed by atoms with E-state index < -0.39 is 35.6 Å². The van der Waals surface area contributed by atoms with E-state index in [-0.39, 0.29) is 13.1 Å². The highest BCUT2D eigenvalue weighted by Gasteiger charge is 2.17. The van der Waals surface area contributed by atoms with Crippen LogP contribution < -0.4 is 21.3 Å². The Morgan fingerprint density at radius 2 is 1.03 bits per heavy atom. The fourth-order valence-electron chi connectivity index (χ4n) is 2.21. The van der Waals surface area contributed by atoms with Gasteiger partial charge in [-0.3, -0.25) is 0 Å². The number of unbranched alkanes of at least 4 members (excludes halogenated alkanes) is 1. The van der Waals surface area contributed by atoms with Crippen LogP contribution in [-0.2, 0) is 9.47 Å². The molecule has 0 fully saturated rings. The lowest BCUT2D eigenvalue weighted by molar-refractivity contribution is 0.0482. The SMILES string of the molecule is CC(C)(C)OC(=O)NCC(O)CNCCCCNCC(O)CNC(=O)OC(C)(C)C. The number of nitrogens with one attached hydrogen (secondary N) is 4. The van der Waals surface area contributed by atoms with Crippen LogP contribution in [0.1, 0.15) is 54.4 Å². The van der Waals surface area contributed by atoms with Crippen molar-refractivity contribution in [3.8, 4) is 0 Å². The molecule has 2 unspecified atom stereocenters. The number of alkyl carbamates (subject to hydrolysis) is 2. The largest absolute Gasteiger partial charge is 0.444 e. The van der Waals surface area contributed by atoms with E-state index in [0.717, 1.165) is 25.9 Å². The van der Waals surface area contributed by atoms with Crippen LogP contribution in [0.5, 0.6) is 0 Å². The number of aliphatic hydroxyl groups excluding tert-OH is 2. The van der Waals surface area contributed by atoms with Crippen LogP contribution in [-0.4, -0.2) is 85.1 Å². The van der Waals surface area contributed by atoms with E-state index in [1.54, 1.807) is 41.5 Å². The van der Waals surface area contributed by atoms with Gasteiger partial charge in [-0.1, -0.05) is 0 Å². The number of aliphatic hydroxyl groups is 2. The van der Waals surface area contributed by atoms with Gasteiger partial charge in [-0.05, 0) is 67.5 Å². The molecule has 10 nitrogen and oxygen atoms in total. The van der Waals surface area contributed by atoms with Gasteiger partial charge in [0.1, 0.15) is 11.2 Å². The standard InChI is InChI=1S/C20H42N4O6/c1-19(2,3)29-17(27)23-13-15(25)11-21-9-7-8-10-22-12-16(26)14-24-18(28)30-20(4,5)6/h15-16,21-22,25-26H,7-14H2,1-6H3,(H,23,27)(H,24,28). The molecular weight excluding hydrogens is 392 g/mol. The molecule has 2 atom stereocenters. The molecule has 10 heteroatoms. The maximum atomic E-state index is 11.5. The van der Waals surface area contributed by atoms with Crippen molar-refractivity contribution >= 4 is 12.2 Å². The summed E-state index contributed by atoms with van der Waals surface area (Å²) in [6, 6.07) is 0. The van der Waals surface area contributed by atoms with Gasteiger partial charge in [0, 0.05) is 26.2 Å². The van der Waals surface area contributed by atoms with Crippen molar-refractivity contribution in [3.63, 3.8) is 0 Å². The van der Waals surface area contributed by atoms with Gasteiger partial charge < -0.3 is 41.0 Å². The van der Waals surface area contributed by atoms with Crippen LogP contribution >= 0.6 is 0 Å². The summed E-state index contributed by atoms with van der Waals surface area (Å²) < 4.78 is 10.2. The lowest BCUT2D eigenvalue weighted by atomic mass is 10.2. The topological polar surface area (TPSA) is 141 Å². The maximum Gasteiger partial charge on any atom is 0.407 e. The second-order valence-corrected chi connectivity index (χ2v) is 9.19. The Morgan fingerprint density at radius 1 is 0.700 bits per heavy atom. The van der Waals surface area contributed by atoms with E-state index in [4.69, 9.17) is 9.47 Å². The Labute approximate surface area is 180 Å². The molecule has 6 N–H and O–H groups in total. The van der Waals surface area contributed by atoms with Gasteiger partial charge >= 0.3 is 12.2 Å². The first kappa shape index (κ1) is 28.4. The second-order valence-electron chi connectivity index (χ2n) is 9.19. The minimum Gasteiger partial charge on any atom is -0.444 e. The van der Waals surface area contributed by atoms with Gasteiger partial charge in [0.25, 0.3) is 0 Å². The zero-order valence-electron chi connectivity index (χ0n) is 19.3. The molecule has 0 heterocycles. The van der Waals surface area contributed by atoms with Crippen LogP contribution in [0.2, 0.25) is 0 Å². The molecule has 0 aliphatic heterocycles. The lowest BCUT2D eigenvalue weighted by Crippen LogP contribution is -2.41. The Hall–Kier alpha value is -1.62. The molecule has 0 spiro atoms. The van der Waals surface area contributed by atoms with Crippen LogP contribution in [0.15, 0.2) is 0 Å². The molecule has 0 aliphatic rings. The lowest BCUT2D eigenvalue weighted by Gasteiger charge is -2.20. The van der Waals surface area contributed by atoms with E-state index in [9.17, 15) is 19.8 Å². The minimum atomic E-state index is -0.691. The van der Waals surface area contributed by atoms with Crippen LogP contribution in [0.3, 0.4) is 0 Å². The first-order valence-corrected chi connectivity index (χ1v) is 10.5. The van der Waals surface area contributed by atoms with Gasteiger partial charge in [-0.15, -0.1) is 0 Å². The first-order valence-electron chi connectivity index (χ1n) is 10.5. The smallest absolute Gasteiger partial charge is 0.407 e. The predicted octanol–water partition coefficient (Wildman–Crippen LogP) is 0.717. The summed E-state index contributed by atoms with van der Waals surface area (Å²) >= 11 is 0. The molecule has 0 saturated carbocycles. The molecular formula is C20H42N4O6.